The first-order valence-electron chi connectivity index (χ1n) is 7.38. The van der Waals surface area contributed by atoms with E-state index in [4.69, 9.17) is 40.2 Å². The average Bonchev–Trinajstić information content (AvgIpc) is 2.59. The Kier molecular flexibility index (Phi) is 7.31. The summed E-state index contributed by atoms with van der Waals surface area (Å²) in [5.41, 5.74) is 3.70. The van der Waals surface area contributed by atoms with Crippen LogP contribution in [0.4, 0.5) is 0 Å². The summed E-state index contributed by atoms with van der Waals surface area (Å²) < 4.78 is 5.37. The maximum Gasteiger partial charge on any atom is 0.276 e. The SMILES string of the molecule is CN(NC(=O)COc1ccc(Cl)cc1Cl)C(=S)NCc1ccccc1. The quantitative estimate of drug-likeness (QED) is 0.597. The summed E-state index contributed by atoms with van der Waals surface area (Å²) in [6, 6.07) is 14.6. The molecule has 0 aliphatic heterocycles. The first-order chi connectivity index (χ1) is 12.0. The lowest BCUT2D eigenvalue weighted by Gasteiger charge is -2.21. The lowest BCUT2D eigenvalue weighted by molar-refractivity contribution is -0.126. The number of nitrogens with one attached hydrogen (secondary N) is 2. The predicted octanol–water partition coefficient (Wildman–Crippen LogP) is 3.41. The third-order valence-corrected chi connectivity index (χ3v) is 4.08. The third-order valence-electron chi connectivity index (χ3n) is 3.14. The highest BCUT2D eigenvalue weighted by Crippen LogP contribution is 2.27. The third kappa shape index (κ3) is 6.42. The Balaban J connectivity index is 1.76. The van der Waals surface area contributed by atoms with Crippen LogP contribution in [0.15, 0.2) is 48.5 Å². The van der Waals surface area contributed by atoms with Crippen LogP contribution >= 0.6 is 35.4 Å². The van der Waals surface area contributed by atoms with Gasteiger partial charge in [-0.25, -0.2) is 0 Å². The molecule has 2 aromatic rings. The fourth-order valence-electron chi connectivity index (χ4n) is 1.90. The molecule has 25 heavy (non-hydrogen) atoms. The molecule has 8 heteroatoms. The van der Waals surface area contributed by atoms with Crippen molar-refractivity contribution in [3.63, 3.8) is 0 Å². The molecule has 0 aliphatic carbocycles. The number of rotatable bonds is 5. The molecule has 132 valence electrons. The van der Waals surface area contributed by atoms with Crippen molar-refractivity contribution in [2.24, 2.45) is 0 Å². The second-order valence-electron chi connectivity index (χ2n) is 5.10. The van der Waals surface area contributed by atoms with Crippen molar-refractivity contribution in [1.29, 1.82) is 0 Å². The van der Waals surface area contributed by atoms with Crippen molar-refractivity contribution >= 4 is 46.4 Å². The predicted molar refractivity (Wildman–Crippen MR) is 104 cm³/mol. The molecular formula is C17H17Cl2N3O2S. The number of thiocarbonyl (C=S) groups is 1. The van der Waals surface area contributed by atoms with Crippen molar-refractivity contribution in [3.05, 3.63) is 64.1 Å². The Morgan fingerprint density at radius 1 is 1.20 bits per heavy atom. The number of nitrogens with zero attached hydrogens (tertiary/aromatic N) is 1. The first-order valence-corrected chi connectivity index (χ1v) is 8.55. The van der Waals surface area contributed by atoms with E-state index in [0.29, 0.717) is 27.5 Å². The van der Waals surface area contributed by atoms with Crippen LogP contribution in [0.5, 0.6) is 5.75 Å². The minimum absolute atomic E-state index is 0.201. The summed E-state index contributed by atoms with van der Waals surface area (Å²) in [6.45, 7) is 0.365. The molecule has 1 amide bonds. The van der Waals surface area contributed by atoms with Gasteiger partial charge in [-0.2, -0.15) is 0 Å². The number of amides is 1. The normalized spacial score (nSPS) is 10.0. The molecule has 0 saturated carbocycles. The fraction of sp³-hybridized carbons (Fsp3) is 0.176. The molecular weight excluding hydrogens is 381 g/mol. The van der Waals surface area contributed by atoms with Crippen molar-refractivity contribution in [1.82, 2.24) is 15.8 Å². The van der Waals surface area contributed by atoms with Crippen LogP contribution in [0, 0.1) is 0 Å². The Bertz CT molecular complexity index is 744. The van der Waals surface area contributed by atoms with Gasteiger partial charge in [-0.05, 0) is 36.0 Å². The zero-order valence-electron chi connectivity index (χ0n) is 13.5. The number of hydrogen-bond donors (Lipinski definition) is 2. The topological polar surface area (TPSA) is 53.6 Å². The lowest BCUT2D eigenvalue weighted by atomic mass is 10.2. The minimum Gasteiger partial charge on any atom is -0.482 e. The number of halogens is 2. The van der Waals surface area contributed by atoms with E-state index in [1.807, 2.05) is 30.3 Å². The van der Waals surface area contributed by atoms with E-state index >= 15 is 0 Å². The van der Waals surface area contributed by atoms with Crippen molar-refractivity contribution in [3.8, 4) is 5.75 Å². The maximum absolute atomic E-state index is 11.9. The van der Waals surface area contributed by atoms with Gasteiger partial charge in [0.1, 0.15) is 5.75 Å². The van der Waals surface area contributed by atoms with Gasteiger partial charge in [0, 0.05) is 18.6 Å². The van der Waals surface area contributed by atoms with Gasteiger partial charge in [-0.3, -0.25) is 15.2 Å². The van der Waals surface area contributed by atoms with Crippen LogP contribution in [0.2, 0.25) is 10.0 Å². The van der Waals surface area contributed by atoms with Crippen LogP contribution in [-0.4, -0.2) is 29.7 Å². The highest BCUT2D eigenvalue weighted by molar-refractivity contribution is 7.80. The summed E-state index contributed by atoms with van der Waals surface area (Å²) >= 11 is 17.0. The monoisotopic (exact) mass is 397 g/mol. The fourth-order valence-corrected chi connectivity index (χ4v) is 2.48. The van der Waals surface area contributed by atoms with Gasteiger partial charge in [0.05, 0.1) is 5.02 Å². The lowest BCUT2D eigenvalue weighted by Crippen LogP contribution is -2.49. The van der Waals surface area contributed by atoms with Gasteiger partial charge >= 0.3 is 0 Å². The average molecular weight is 398 g/mol. The highest BCUT2D eigenvalue weighted by Gasteiger charge is 2.10. The van der Waals surface area contributed by atoms with E-state index < -0.39 is 0 Å². The summed E-state index contributed by atoms with van der Waals surface area (Å²) in [5.74, 6) is 0.0195. The number of benzene rings is 2. The smallest absolute Gasteiger partial charge is 0.276 e. The Hall–Kier alpha value is -2.02. The molecule has 2 aromatic carbocycles. The highest BCUT2D eigenvalue weighted by atomic mass is 35.5. The summed E-state index contributed by atoms with van der Waals surface area (Å²) in [6.07, 6.45) is 0. The number of carbonyl (C=O) groups excluding carboxylic acids is 1. The van der Waals surface area contributed by atoms with E-state index in [2.05, 4.69) is 10.7 Å². The molecule has 0 aliphatic rings. The number of hydrogen-bond acceptors (Lipinski definition) is 3. The van der Waals surface area contributed by atoms with E-state index in [0.717, 1.165) is 5.56 Å². The first kappa shape index (κ1) is 19.3. The molecule has 0 unspecified atom stereocenters. The van der Waals surface area contributed by atoms with E-state index in [-0.39, 0.29) is 12.5 Å². The molecule has 5 nitrogen and oxygen atoms in total. The number of ether oxygens (including phenoxy) is 1. The number of hydrazine groups is 1. The van der Waals surface area contributed by atoms with Gasteiger partial charge in [0.15, 0.2) is 11.7 Å². The second-order valence-corrected chi connectivity index (χ2v) is 6.33. The van der Waals surface area contributed by atoms with E-state index in [1.54, 1.807) is 25.2 Å². The van der Waals surface area contributed by atoms with Crippen molar-refractivity contribution in [2.75, 3.05) is 13.7 Å². The van der Waals surface area contributed by atoms with Crippen LogP contribution < -0.4 is 15.5 Å². The summed E-state index contributed by atoms with van der Waals surface area (Å²) in [5, 5.41) is 5.71. The molecule has 0 aromatic heterocycles. The zero-order valence-corrected chi connectivity index (χ0v) is 15.8. The molecule has 0 spiro atoms. The standard InChI is InChI=1S/C17H17Cl2N3O2S/c1-22(17(25)20-10-12-5-3-2-4-6-12)21-16(23)11-24-15-8-7-13(18)9-14(15)19/h2-9H,10-11H2,1H3,(H,20,25)(H,21,23). The van der Waals surface area contributed by atoms with Gasteiger partial charge in [0.25, 0.3) is 5.91 Å². The maximum atomic E-state index is 11.9. The second kappa shape index (κ2) is 9.46. The molecule has 2 rings (SSSR count). The molecule has 2 N–H and O–H groups in total. The molecule has 0 heterocycles. The molecule has 0 bridgehead atoms. The Morgan fingerprint density at radius 2 is 1.92 bits per heavy atom. The van der Waals surface area contributed by atoms with Gasteiger partial charge in [-0.15, -0.1) is 0 Å². The van der Waals surface area contributed by atoms with Crippen LogP contribution in [0.25, 0.3) is 0 Å². The largest absolute Gasteiger partial charge is 0.482 e. The molecule has 0 radical (unpaired) electrons. The molecule has 0 fully saturated rings. The van der Waals surface area contributed by atoms with E-state index in [9.17, 15) is 4.79 Å². The van der Waals surface area contributed by atoms with Crippen molar-refractivity contribution in [2.45, 2.75) is 6.54 Å². The summed E-state index contributed by atoms with van der Waals surface area (Å²) in [4.78, 5) is 11.9. The Labute approximate surface area is 161 Å². The number of carbonyl (C=O) groups is 1. The van der Waals surface area contributed by atoms with Gasteiger partial charge in [0.2, 0.25) is 0 Å². The van der Waals surface area contributed by atoms with Crippen LogP contribution in [-0.2, 0) is 11.3 Å². The van der Waals surface area contributed by atoms with Crippen LogP contribution in [0.3, 0.4) is 0 Å². The summed E-state index contributed by atoms with van der Waals surface area (Å²) in [7, 11) is 1.65. The Morgan fingerprint density at radius 3 is 2.60 bits per heavy atom. The molecule has 0 atom stereocenters. The van der Waals surface area contributed by atoms with Crippen molar-refractivity contribution < 1.29 is 9.53 Å². The zero-order chi connectivity index (χ0) is 18.2. The van der Waals surface area contributed by atoms with Gasteiger partial charge < -0.3 is 10.1 Å². The van der Waals surface area contributed by atoms with E-state index in [1.165, 1.54) is 5.01 Å². The minimum atomic E-state index is -0.364. The van der Waals surface area contributed by atoms with Crippen LogP contribution in [0.1, 0.15) is 5.56 Å². The molecule has 0 saturated heterocycles. The van der Waals surface area contributed by atoms with Gasteiger partial charge in [-0.1, -0.05) is 53.5 Å².